The van der Waals surface area contributed by atoms with Crippen molar-refractivity contribution in [2.24, 2.45) is 0 Å². The van der Waals surface area contributed by atoms with Crippen LogP contribution in [0.15, 0.2) is 120 Å². The molecule has 4 aromatic carbocycles. The molecule has 0 heterocycles. The molecule has 0 saturated carbocycles. The van der Waals surface area contributed by atoms with E-state index in [2.05, 4.69) is 134 Å². The summed E-state index contributed by atoms with van der Waals surface area (Å²) in [6.45, 7) is 0. The smallest absolute Gasteiger partial charge is 1.00 e. The largest absolute Gasteiger partial charge is 2.00 e. The number of fused-ring (bicyclic) bond motifs is 2. The van der Waals surface area contributed by atoms with Crippen molar-refractivity contribution in [2.45, 2.75) is 12.8 Å². The maximum Gasteiger partial charge on any atom is 2.00 e. The number of allylic oxidation sites excluding steroid dienone is 2. The van der Waals surface area contributed by atoms with Crippen molar-refractivity contribution in [1.29, 1.82) is 0 Å². The molecule has 172 valence electrons. The average molecular weight is 573 g/mol. The van der Waals surface area contributed by atoms with E-state index in [0.717, 1.165) is 12.8 Å². The summed E-state index contributed by atoms with van der Waals surface area (Å²) in [7, 11) is 0. The number of hydrogen-bond donors (Lipinski definition) is 0. The molecule has 0 unspecified atom stereocenters. The minimum Gasteiger partial charge on any atom is -1.00 e. The fourth-order valence-corrected chi connectivity index (χ4v) is 4.30. The molecule has 2 aliphatic carbocycles. The number of rotatable bonds is 4. The first kappa shape index (κ1) is 29.1. The molecule has 0 aliphatic heterocycles. The molecule has 0 bridgehead atoms. The van der Waals surface area contributed by atoms with E-state index in [0.29, 0.717) is 0 Å². The molecule has 0 saturated heterocycles. The third kappa shape index (κ3) is 7.91. The van der Waals surface area contributed by atoms with E-state index >= 15 is 0 Å². The van der Waals surface area contributed by atoms with Gasteiger partial charge >= 0.3 is 26.2 Å². The molecule has 0 amide bonds. The zero-order valence-corrected chi connectivity index (χ0v) is 23.3. The molecular formula is C32H26Cl2Zr. The van der Waals surface area contributed by atoms with E-state index in [4.69, 9.17) is 0 Å². The average Bonchev–Trinajstić information content (AvgIpc) is 3.43. The molecule has 0 nitrogen and oxygen atoms in total. The molecule has 3 heteroatoms. The zero-order valence-electron chi connectivity index (χ0n) is 19.4. The summed E-state index contributed by atoms with van der Waals surface area (Å²) in [6.07, 6.45) is 11.2. The van der Waals surface area contributed by atoms with Gasteiger partial charge in [-0.1, -0.05) is 132 Å². The Morgan fingerprint density at radius 1 is 0.371 bits per heavy atom. The van der Waals surface area contributed by atoms with E-state index in [1.165, 1.54) is 44.5 Å². The summed E-state index contributed by atoms with van der Waals surface area (Å²) >= 11 is 0. The SMILES string of the molecule is [CH]1C(Cc2ccccc2)=Cc2ccccc21.[CH]1C(Cc2ccccc2)=Cc2ccccc21.[Cl-].[Cl-].[Zr+2]. The van der Waals surface area contributed by atoms with Gasteiger partial charge in [0, 0.05) is 12.8 Å². The first-order valence-corrected chi connectivity index (χ1v) is 11.2. The van der Waals surface area contributed by atoms with Gasteiger partial charge in [0.1, 0.15) is 0 Å². The quantitative estimate of drug-likeness (QED) is 0.350. The van der Waals surface area contributed by atoms with Crippen LogP contribution >= 0.6 is 0 Å². The summed E-state index contributed by atoms with van der Waals surface area (Å²) in [5, 5.41) is 0. The van der Waals surface area contributed by atoms with Gasteiger partial charge in [0.25, 0.3) is 0 Å². The maximum atomic E-state index is 2.28. The molecule has 0 N–H and O–H groups in total. The van der Waals surface area contributed by atoms with Crippen molar-refractivity contribution in [3.8, 4) is 0 Å². The fourth-order valence-electron chi connectivity index (χ4n) is 4.30. The topological polar surface area (TPSA) is 0 Å². The van der Waals surface area contributed by atoms with Gasteiger partial charge in [-0.15, -0.1) is 0 Å². The second-order valence-electron chi connectivity index (χ2n) is 8.31. The Kier molecular flexibility index (Phi) is 12.0. The van der Waals surface area contributed by atoms with Gasteiger partial charge in [0.2, 0.25) is 0 Å². The van der Waals surface area contributed by atoms with E-state index in [1.54, 1.807) is 0 Å². The predicted octanol–water partition coefficient (Wildman–Crippen LogP) is 1.76. The Labute approximate surface area is 241 Å². The van der Waals surface area contributed by atoms with Gasteiger partial charge in [0.15, 0.2) is 0 Å². The summed E-state index contributed by atoms with van der Waals surface area (Å²) in [5.74, 6) is 0. The number of halogens is 2. The molecule has 0 spiro atoms. The minimum absolute atomic E-state index is 0. The van der Waals surface area contributed by atoms with E-state index in [9.17, 15) is 0 Å². The number of hydrogen-bond acceptors (Lipinski definition) is 0. The normalized spacial score (nSPS) is 12.2. The Balaban J connectivity index is 0.000000227. The van der Waals surface area contributed by atoms with Gasteiger partial charge in [-0.05, 0) is 46.2 Å². The zero-order chi connectivity index (χ0) is 21.6. The molecule has 4 aromatic rings. The van der Waals surface area contributed by atoms with Crippen LogP contribution in [-0.4, -0.2) is 0 Å². The van der Waals surface area contributed by atoms with Crippen LogP contribution in [-0.2, 0) is 39.0 Å². The van der Waals surface area contributed by atoms with Crippen LogP contribution < -0.4 is 24.8 Å². The van der Waals surface area contributed by atoms with Crippen molar-refractivity contribution in [3.63, 3.8) is 0 Å². The molecule has 2 radical (unpaired) electrons. The summed E-state index contributed by atoms with van der Waals surface area (Å²) in [5.41, 5.74) is 10.9. The molecule has 35 heavy (non-hydrogen) atoms. The monoisotopic (exact) mass is 570 g/mol. The Hall–Kier alpha value is -2.18. The van der Waals surface area contributed by atoms with Crippen LogP contribution in [0.4, 0.5) is 0 Å². The van der Waals surface area contributed by atoms with Gasteiger partial charge in [-0.2, -0.15) is 0 Å². The molecule has 2 aliphatic rings. The molecular weight excluding hydrogens is 546 g/mol. The summed E-state index contributed by atoms with van der Waals surface area (Å²) in [4.78, 5) is 0. The fraction of sp³-hybridized carbons (Fsp3) is 0.0625. The third-order valence-electron chi connectivity index (χ3n) is 5.86. The molecule has 6 rings (SSSR count). The maximum absolute atomic E-state index is 2.28. The minimum atomic E-state index is 0. The van der Waals surface area contributed by atoms with Crippen LogP contribution in [0.5, 0.6) is 0 Å². The molecule has 0 aromatic heterocycles. The van der Waals surface area contributed by atoms with Crippen LogP contribution in [0.1, 0.15) is 33.4 Å². The van der Waals surface area contributed by atoms with Crippen LogP contribution in [0, 0.1) is 12.8 Å². The van der Waals surface area contributed by atoms with Crippen molar-refractivity contribution in [3.05, 3.63) is 167 Å². The second kappa shape index (κ2) is 14.4. The predicted molar refractivity (Wildman–Crippen MR) is 136 cm³/mol. The van der Waals surface area contributed by atoms with Gasteiger partial charge in [-0.3, -0.25) is 0 Å². The van der Waals surface area contributed by atoms with E-state index < -0.39 is 0 Å². The van der Waals surface area contributed by atoms with Crippen molar-refractivity contribution >= 4 is 12.2 Å². The second-order valence-corrected chi connectivity index (χ2v) is 8.31. The third-order valence-corrected chi connectivity index (χ3v) is 5.86. The van der Waals surface area contributed by atoms with E-state index in [-0.39, 0.29) is 51.0 Å². The van der Waals surface area contributed by atoms with Gasteiger partial charge in [0.05, 0.1) is 0 Å². The summed E-state index contributed by atoms with van der Waals surface area (Å²) in [6, 6.07) is 38.3. The Morgan fingerprint density at radius 3 is 1.03 bits per heavy atom. The van der Waals surface area contributed by atoms with Crippen LogP contribution in [0.25, 0.3) is 12.2 Å². The first-order chi connectivity index (χ1) is 15.8. The Morgan fingerprint density at radius 2 is 0.686 bits per heavy atom. The summed E-state index contributed by atoms with van der Waals surface area (Å²) < 4.78 is 0. The van der Waals surface area contributed by atoms with Crippen molar-refractivity contribution < 1.29 is 51.0 Å². The van der Waals surface area contributed by atoms with Crippen LogP contribution in [0.2, 0.25) is 0 Å². The molecule has 0 atom stereocenters. The Bertz CT molecular complexity index is 1160. The van der Waals surface area contributed by atoms with Crippen molar-refractivity contribution in [2.75, 3.05) is 0 Å². The van der Waals surface area contributed by atoms with Crippen LogP contribution in [0.3, 0.4) is 0 Å². The van der Waals surface area contributed by atoms with E-state index in [1.807, 2.05) is 0 Å². The molecule has 0 fully saturated rings. The van der Waals surface area contributed by atoms with Gasteiger partial charge in [-0.25, -0.2) is 0 Å². The van der Waals surface area contributed by atoms with Crippen molar-refractivity contribution in [1.82, 2.24) is 0 Å². The standard InChI is InChI=1S/2C16H13.2ClH.Zr/c2*1-2-6-13(7-3-1)10-14-11-15-8-4-5-9-16(15)12-14;;;/h2*1-9,11-12H,10H2;2*1H;/q;;;;+2/p-2. The first-order valence-electron chi connectivity index (χ1n) is 11.2. The van der Waals surface area contributed by atoms with Gasteiger partial charge < -0.3 is 24.8 Å². The number of benzene rings is 4.